The van der Waals surface area contributed by atoms with E-state index in [1.165, 1.54) is 6.07 Å². The van der Waals surface area contributed by atoms with Crippen LogP contribution >= 0.6 is 15.9 Å². The van der Waals surface area contributed by atoms with Gasteiger partial charge in [-0.1, -0.05) is 6.07 Å². The number of ether oxygens (including phenoxy) is 1. The third kappa shape index (κ3) is 2.73. The Hall–Kier alpha value is -1.56. The SMILES string of the molecule is COc1c(CNc2c(F)cccc2Br)c(C)nn1C. The average Bonchev–Trinajstić information content (AvgIpc) is 2.63. The van der Waals surface area contributed by atoms with Crippen molar-refractivity contribution in [3.8, 4) is 5.88 Å². The number of nitrogens with zero attached hydrogens (tertiary/aromatic N) is 2. The molecule has 0 fully saturated rings. The quantitative estimate of drug-likeness (QED) is 0.936. The first kappa shape index (κ1) is 13.9. The molecule has 19 heavy (non-hydrogen) atoms. The van der Waals surface area contributed by atoms with Crippen LogP contribution in [0.2, 0.25) is 0 Å². The van der Waals surface area contributed by atoms with E-state index >= 15 is 0 Å². The zero-order valence-electron chi connectivity index (χ0n) is 11.0. The summed E-state index contributed by atoms with van der Waals surface area (Å²) in [6.45, 7) is 2.35. The lowest BCUT2D eigenvalue weighted by molar-refractivity contribution is 0.369. The first-order valence-electron chi connectivity index (χ1n) is 5.79. The number of hydrogen-bond donors (Lipinski definition) is 1. The zero-order valence-corrected chi connectivity index (χ0v) is 12.6. The van der Waals surface area contributed by atoms with Crippen molar-refractivity contribution in [1.82, 2.24) is 9.78 Å². The van der Waals surface area contributed by atoms with Gasteiger partial charge in [0.1, 0.15) is 5.82 Å². The summed E-state index contributed by atoms with van der Waals surface area (Å²) in [4.78, 5) is 0. The Morgan fingerprint density at radius 3 is 2.84 bits per heavy atom. The van der Waals surface area contributed by atoms with E-state index in [2.05, 4.69) is 26.3 Å². The van der Waals surface area contributed by atoms with Gasteiger partial charge in [-0.25, -0.2) is 9.07 Å². The van der Waals surface area contributed by atoms with E-state index in [0.717, 1.165) is 11.3 Å². The van der Waals surface area contributed by atoms with E-state index < -0.39 is 0 Å². The molecule has 0 saturated carbocycles. The summed E-state index contributed by atoms with van der Waals surface area (Å²) in [6, 6.07) is 4.86. The molecule has 1 aromatic heterocycles. The molecule has 1 heterocycles. The number of methoxy groups -OCH3 is 1. The summed E-state index contributed by atoms with van der Waals surface area (Å²) < 4.78 is 21.4. The molecule has 1 aromatic carbocycles. The molecule has 0 aliphatic rings. The number of nitrogens with one attached hydrogen (secondary N) is 1. The zero-order chi connectivity index (χ0) is 14.0. The molecular formula is C13H15BrFN3O. The number of aromatic nitrogens is 2. The predicted octanol–water partition coefficient (Wildman–Crippen LogP) is 3.25. The molecule has 102 valence electrons. The van der Waals surface area contributed by atoms with Crippen LogP contribution in [0.25, 0.3) is 0 Å². The van der Waals surface area contributed by atoms with Crippen LogP contribution in [0.3, 0.4) is 0 Å². The minimum atomic E-state index is -0.296. The molecule has 6 heteroatoms. The summed E-state index contributed by atoms with van der Waals surface area (Å²) >= 11 is 3.33. The van der Waals surface area contributed by atoms with Gasteiger partial charge in [0.05, 0.1) is 24.1 Å². The lowest BCUT2D eigenvalue weighted by Gasteiger charge is -2.10. The van der Waals surface area contributed by atoms with Gasteiger partial charge in [-0.2, -0.15) is 5.10 Å². The van der Waals surface area contributed by atoms with Crippen molar-refractivity contribution in [3.63, 3.8) is 0 Å². The van der Waals surface area contributed by atoms with Crippen LogP contribution in [0, 0.1) is 12.7 Å². The highest BCUT2D eigenvalue weighted by molar-refractivity contribution is 9.10. The molecule has 4 nitrogen and oxygen atoms in total. The summed E-state index contributed by atoms with van der Waals surface area (Å²) in [7, 11) is 3.41. The molecule has 0 saturated heterocycles. The van der Waals surface area contributed by atoms with Crippen LogP contribution in [0.4, 0.5) is 10.1 Å². The van der Waals surface area contributed by atoms with Gasteiger partial charge in [0, 0.05) is 18.1 Å². The molecule has 2 rings (SSSR count). The van der Waals surface area contributed by atoms with Crippen molar-refractivity contribution < 1.29 is 9.13 Å². The minimum Gasteiger partial charge on any atom is -0.481 e. The van der Waals surface area contributed by atoms with E-state index in [1.807, 2.05) is 14.0 Å². The van der Waals surface area contributed by atoms with Crippen LogP contribution in [0.1, 0.15) is 11.3 Å². The minimum absolute atomic E-state index is 0.296. The maximum Gasteiger partial charge on any atom is 0.216 e. The predicted molar refractivity (Wildman–Crippen MR) is 75.9 cm³/mol. The standard InChI is InChI=1S/C13H15BrFN3O/c1-8-9(13(19-3)18(2)17-8)7-16-12-10(14)5-4-6-11(12)15/h4-6,16H,7H2,1-3H3. The van der Waals surface area contributed by atoms with Gasteiger partial charge in [-0.3, -0.25) is 0 Å². The fourth-order valence-corrected chi connectivity index (χ4v) is 2.47. The first-order chi connectivity index (χ1) is 9.04. The fourth-order valence-electron chi connectivity index (χ4n) is 1.98. The maximum atomic E-state index is 13.7. The van der Waals surface area contributed by atoms with Gasteiger partial charge < -0.3 is 10.1 Å². The summed E-state index contributed by atoms with van der Waals surface area (Å²) in [6.07, 6.45) is 0. The van der Waals surface area contributed by atoms with E-state index in [9.17, 15) is 4.39 Å². The third-order valence-electron chi connectivity index (χ3n) is 2.89. The molecular weight excluding hydrogens is 313 g/mol. The summed E-state index contributed by atoms with van der Waals surface area (Å²) in [5.41, 5.74) is 2.22. The second-order valence-corrected chi connectivity index (χ2v) is 5.00. The van der Waals surface area contributed by atoms with E-state index in [4.69, 9.17) is 4.74 Å². The fraction of sp³-hybridized carbons (Fsp3) is 0.308. The van der Waals surface area contributed by atoms with Gasteiger partial charge in [0.15, 0.2) is 0 Å². The second-order valence-electron chi connectivity index (χ2n) is 4.15. The maximum absolute atomic E-state index is 13.7. The lowest BCUT2D eigenvalue weighted by atomic mass is 10.2. The number of aryl methyl sites for hydroxylation is 2. The highest BCUT2D eigenvalue weighted by Gasteiger charge is 2.14. The largest absolute Gasteiger partial charge is 0.481 e. The molecule has 0 amide bonds. The van der Waals surface area contributed by atoms with Crippen molar-refractivity contribution >= 4 is 21.6 Å². The number of rotatable bonds is 4. The second kappa shape index (κ2) is 5.61. The normalized spacial score (nSPS) is 10.6. The molecule has 0 bridgehead atoms. The van der Waals surface area contributed by atoms with Crippen molar-refractivity contribution in [2.45, 2.75) is 13.5 Å². The Morgan fingerprint density at radius 1 is 1.47 bits per heavy atom. The van der Waals surface area contributed by atoms with Crippen LogP contribution in [-0.4, -0.2) is 16.9 Å². The van der Waals surface area contributed by atoms with Crippen LogP contribution in [-0.2, 0) is 13.6 Å². The lowest BCUT2D eigenvalue weighted by Crippen LogP contribution is -2.04. The molecule has 0 unspecified atom stereocenters. The highest BCUT2D eigenvalue weighted by atomic mass is 79.9. The number of para-hydroxylation sites is 1. The van der Waals surface area contributed by atoms with Gasteiger partial charge >= 0.3 is 0 Å². The first-order valence-corrected chi connectivity index (χ1v) is 6.58. The topological polar surface area (TPSA) is 39.1 Å². The van der Waals surface area contributed by atoms with Gasteiger partial charge in [0.2, 0.25) is 5.88 Å². The van der Waals surface area contributed by atoms with Crippen molar-refractivity contribution in [1.29, 1.82) is 0 Å². The Labute approximate surface area is 119 Å². The third-order valence-corrected chi connectivity index (χ3v) is 3.55. The Kier molecular flexibility index (Phi) is 4.09. The van der Waals surface area contributed by atoms with E-state index in [1.54, 1.807) is 23.9 Å². The van der Waals surface area contributed by atoms with Crippen molar-refractivity contribution in [2.75, 3.05) is 12.4 Å². The van der Waals surface area contributed by atoms with Crippen LogP contribution in [0.15, 0.2) is 22.7 Å². The van der Waals surface area contributed by atoms with Gasteiger partial charge in [-0.05, 0) is 35.0 Å². The molecule has 0 aliphatic carbocycles. The highest BCUT2D eigenvalue weighted by Crippen LogP contribution is 2.27. The Bertz CT molecular complexity index is 578. The van der Waals surface area contributed by atoms with Gasteiger partial charge in [-0.15, -0.1) is 0 Å². The number of benzene rings is 1. The summed E-state index contributed by atoms with van der Waals surface area (Å²) in [5.74, 6) is 0.382. The smallest absolute Gasteiger partial charge is 0.216 e. The molecule has 0 atom stereocenters. The Balaban J connectivity index is 2.24. The molecule has 2 aromatic rings. The van der Waals surface area contributed by atoms with Gasteiger partial charge in [0.25, 0.3) is 0 Å². The van der Waals surface area contributed by atoms with Crippen LogP contribution < -0.4 is 10.1 Å². The molecule has 1 N–H and O–H groups in total. The monoisotopic (exact) mass is 327 g/mol. The number of hydrogen-bond acceptors (Lipinski definition) is 3. The molecule has 0 radical (unpaired) electrons. The molecule has 0 aliphatic heterocycles. The Morgan fingerprint density at radius 2 is 2.21 bits per heavy atom. The van der Waals surface area contributed by atoms with E-state index in [-0.39, 0.29) is 5.82 Å². The van der Waals surface area contributed by atoms with Crippen molar-refractivity contribution in [3.05, 3.63) is 39.7 Å². The summed E-state index contributed by atoms with van der Waals surface area (Å²) in [5, 5.41) is 7.36. The molecule has 0 spiro atoms. The van der Waals surface area contributed by atoms with E-state index in [0.29, 0.717) is 22.6 Å². The average molecular weight is 328 g/mol. The number of halogens is 2. The van der Waals surface area contributed by atoms with Crippen molar-refractivity contribution in [2.24, 2.45) is 7.05 Å². The number of anilines is 1. The van der Waals surface area contributed by atoms with Crippen LogP contribution in [0.5, 0.6) is 5.88 Å².